The lowest BCUT2D eigenvalue weighted by atomic mass is 10.1. The number of halogens is 2. The Morgan fingerprint density at radius 2 is 2.10 bits per heavy atom. The van der Waals surface area contributed by atoms with Crippen molar-refractivity contribution in [3.05, 3.63) is 57.6 Å². The van der Waals surface area contributed by atoms with E-state index in [9.17, 15) is 9.18 Å². The third-order valence-corrected chi connectivity index (χ3v) is 3.56. The fraction of sp³-hybridized carbons (Fsp3) is 0.133. The number of hydrogen-bond donors (Lipinski definition) is 2. The highest BCUT2D eigenvalue weighted by Crippen LogP contribution is 2.34. The lowest BCUT2D eigenvalue weighted by molar-refractivity contribution is 0.0691. The largest absolute Gasteiger partial charge is 0.477 e. The van der Waals surface area contributed by atoms with Crippen molar-refractivity contribution in [1.82, 2.24) is 4.98 Å². The van der Waals surface area contributed by atoms with Gasteiger partial charge < -0.3 is 10.1 Å². The quantitative estimate of drug-likeness (QED) is 0.879. The van der Waals surface area contributed by atoms with Gasteiger partial charge in [0.1, 0.15) is 11.5 Å². The van der Waals surface area contributed by atoms with Crippen LogP contribution in [-0.2, 0) is 6.42 Å². The molecule has 0 saturated heterocycles. The third kappa shape index (κ3) is 2.34. The first kappa shape index (κ1) is 12.9. The summed E-state index contributed by atoms with van der Waals surface area (Å²) in [6.07, 6.45) is 3.42. The number of carbonyl (C=O) groups is 1. The van der Waals surface area contributed by atoms with Gasteiger partial charge in [-0.2, -0.15) is 0 Å². The first-order chi connectivity index (χ1) is 9.52. The Labute approximate surface area is 119 Å². The molecule has 1 aromatic heterocycles. The van der Waals surface area contributed by atoms with Gasteiger partial charge in [0.15, 0.2) is 0 Å². The Morgan fingerprint density at radius 3 is 2.80 bits per heavy atom. The zero-order valence-corrected chi connectivity index (χ0v) is 11.2. The number of hydrogen-bond acceptors (Lipinski definition) is 1. The minimum Gasteiger partial charge on any atom is -0.477 e. The second-order valence-corrected chi connectivity index (χ2v) is 5.20. The standard InChI is InChI=1S/C15H11ClFNO2/c16-11-4-8(5-12(17)7-11)3-9-1-2-10-6-13(15(19)20)18-14(9)10/h3-7,18H,1-2H2,(H,19,20). The molecule has 0 unspecified atom stereocenters. The molecule has 2 aromatic rings. The van der Waals surface area contributed by atoms with E-state index in [1.807, 2.05) is 6.08 Å². The van der Waals surface area contributed by atoms with E-state index in [4.69, 9.17) is 16.7 Å². The molecule has 1 aliphatic rings. The zero-order valence-electron chi connectivity index (χ0n) is 10.4. The lowest BCUT2D eigenvalue weighted by Gasteiger charge is -2.01. The van der Waals surface area contributed by atoms with Crippen molar-refractivity contribution >= 4 is 29.2 Å². The monoisotopic (exact) mass is 291 g/mol. The Bertz CT molecular complexity index is 713. The number of benzene rings is 1. The van der Waals surface area contributed by atoms with Crippen molar-refractivity contribution in [2.75, 3.05) is 0 Å². The van der Waals surface area contributed by atoms with Gasteiger partial charge in [-0.05, 0) is 59.9 Å². The summed E-state index contributed by atoms with van der Waals surface area (Å²) < 4.78 is 13.3. The maximum absolute atomic E-state index is 13.3. The topological polar surface area (TPSA) is 53.1 Å². The number of fused-ring (bicyclic) bond motifs is 1. The van der Waals surface area contributed by atoms with Crippen LogP contribution in [0.1, 0.15) is 33.7 Å². The Morgan fingerprint density at radius 1 is 1.30 bits per heavy atom. The van der Waals surface area contributed by atoms with Gasteiger partial charge in [0.05, 0.1) is 0 Å². The molecule has 102 valence electrons. The van der Waals surface area contributed by atoms with Crippen molar-refractivity contribution in [2.45, 2.75) is 12.8 Å². The normalized spacial score (nSPS) is 15.6. The SMILES string of the molecule is O=C(O)c1cc2c([nH]1)C(=Cc1cc(F)cc(Cl)c1)CC2. The van der Waals surface area contributed by atoms with Gasteiger partial charge >= 0.3 is 5.97 Å². The number of aromatic carboxylic acids is 1. The van der Waals surface area contributed by atoms with Crippen molar-refractivity contribution in [3.63, 3.8) is 0 Å². The summed E-state index contributed by atoms with van der Waals surface area (Å²) in [7, 11) is 0. The van der Waals surface area contributed by atoms with Crippen LogP contribution in [0.25, 0.3) is 11.6 Å². The minimum atomic E-state index is -0.979. The minimum absolute atomic E-state index is 0.179. The number of carboxylic acids is 1. The molecular formula is C15H11ClFNO2. The van der Waals surface area contributed by atoms with Crippen LogP contribution in [0, 0.1) is 5.82 Å². The van der Waals surface area contributed by atoms with E-state index in [2.05, 4.69) is 4.98 Å². The van der Waals surface area contributed by atoms with Crippen molar-refractivity contribution in [3.8, 4) is 0 Å². The summed E-state index contributed by atoms with van der Waals surface area (Å²) in [6, 6.07) is 5.98. The van der Waals surface area contributed by atoms with Crippen LogP contribution >= 0.6 is 11.6 Å². The average Bonchev–Trinajstić information content (AvgIpc) is 2.90. The summed E-state index contributed by atoms with van der Waals surface area (Å²) in [5.41, 5.74) is 3.62. The number of H-pyrrole nitrogens is 1. The Kier molecular flexibility index (Phi) is 3.10. The molecule has 0 aliphatic heterocycles. The molecular weight excluding hydrogens is 281 g/mol. The van der Waals surface area contributed by atoms with Crippen LogP contribution in [-0.4, -0.2) is 16.1 Å². The van der Waals surface area contributed by atoms with Gasteiger partial charge in [-0.25, -0.2) is 9.18 Å². The first-order valence-electron chi connectivity index (χ1n) is 6.15. The molecule has 5 heteroatoms. The molecule has 0 amide bonds. The number of aryl methyl sites for hydroxylation is 1. The van der Waals surface area contributed by atoms with E-state index in [1.165, 1.54) is 12.1 Å². The lowest BCUT2D eigenvalue weighted by Crippen LogP contribution is -1.96. The molecule has 0 spiro atoms. The summed E-state index contributed by atoms with van der Waals surface area (Å²) in [5, 5.41) is 9.31. The number of allylic oxidation sites excluding steroid dienone is 1. The Balaban J connectivity index is 2.01. The molecule has 1 heterocycles. The van der Waals surface area contributed by atoms with Gasteiger partial charge in [0.25, 0.3) is 0 Å². The van der Waals surface area contributed by atoms with Gasteiger partial charge in [0, 0.05) is 10.7 Å². The summed E-state index contributed by atoms with van der Waals surface area (Å²) >= 11 is 5.83. The second-order valence-electron chi connectivity index (χ2n) is 4.76. The van der Waals surface area contributed by atoms with Crippen LogP contribution < -0.4 is 0 Å². The molecule has 0 bridgehead atoms. The van der Waals surface area contributed by atoms with E-state index in [0.717, 1.165) is 29.7 Å². The molecule has 0 fully saturated rings. The average molecular weight is 292 g/mol. The maximum Gasteiger partial charge on any atom is 0.352 e. The Hall–Kier alpha value is -2.07. The van der Waals surface area contributed by atoms with Gasteiger partial charge in [-0.15, -0.1) is 0 Å². The molecule has 0 atom stereocenters. The molecule has 1 aromatic carbocycles. The molecule has 2 N–H and O–H groups in total. The maximum atomic E-state index is 13.3. The molecule has 3 nitrogen and oxygen atoms in total. The van der Waals surface area contributed by atoms with Crippen LogP contribution in [0.15, 0.2) is 24.3 Å². The predicted octanol–water partition coefficient (Wildman–Crippen LogP) is 3.99. The van der Waals surface area contributed by atoms with E-state index >= 15 is 0 Å². The first-order valence-corrected chi connectivity index (χ1v) is 6.53. The summed E-state index contributed by atoms with van der Waals surface area (Å²) in [4.78, 5) is 13.8. The van der Waals surface area contributed by atoms with Gasteiger partial charge in [-0.1, -0.05) is 11.6 Å². The molecule has 0 saturated carbocycles. The molecule has 0 radical (unpaired) electrons. The number of rotatable bonds is 2. The highest BCUT2D eigenvalue weighted by molar-refractivity contribution is 6.30. The van der Waals surface area contributed by atoms with Crippen molar-refractivity contribution in [2.24, 2.45) is 0 Å². The predicted molar refractivity (Wildman–Crippen MR) is 75.4 cm³/mol. The fourth-order valence-electron chi connectivity index (χ4n) is 2.49. The number of aromatic amines is 1. The third-order valence-electron chi connectivity index (χ3n) is 3.34. The van der Waals surface area contributed by atoms with Gasteiger partial charge in [0.2, 0.25) is 0 Å². The fourth-order valence-corrected chi connectivity index (χ4v) is 2.72. The number of carboxylic acid groups (broad SMARTS) is 1. The van der Waals surface area contributed by atoms with Crippen molar-refractivity contribution in [1.29, 1.82) is 0 Å². The molecule has 1 aliphatic carbocycles. The van der Waals surface area contributed by atoms with E-state index < -0.39 is 5.97 Å². The van der Waals surface area contributed by atoms with E-state index in [1.54, 1.807) is 12.1 Å². The van der Waals surface area contributed by atoms with E-state index in [0.29, 0.717) is 10.6 Å². The zero-order chi connectivity index (χ0) is 14.3. The van der Waals surface area contributed by atoms with Crippen LogP contribution in [0.4, 0.5) is 4.39 Å². The highest BCUT2D eigenvalue weighted by atomic mass is 35.5. The van der Waals surface area contributed by atoms with Crippen LogP contribution in [0.5, 0.6) is 0 Å². The highest BCUT2D eigenvalue weighted by Gasteiger charge is 2.21. The summed E-state index contributed by atoms with van der Waals surface area (Å²) in [5.74, 6) is -1.37. The van der Waals surface area contributed by atoms with Crippen LogP contribution in [0.2, 0.25) is 5.02 Å². The van der Waals surface area contributed by atoms with Crippen LogP contribution in [0.3, 0.4) is 0 Å². The second kappa shape index (κ2) is 4.80. The van der Waals surface area contributed by atoms with Crippen molar-refractivity contribution < 1.29 is 14.3 Å². The molecule has 3 rings (SSSR count). The number of nitrogens with one attached hydrogen (secondary N) is 1. The van der Waals surface area contributed by atoms with Gasteiger partial charge in [-0.3, -0.25) is 0 Å². The number of aromatic nitrogens is 1. The summed E-state index contributed by atoms with van der Waals surface area (Å²) in [6.45, 7) is 0. The van der Waals surface area contributed by atoms with E-state index in [-0.39, 0.29) is 11.5 Å². The smallest absolute Gasteiger partial charge is 0.352 e. The molecule has 20 heavy (non-hydrogen) atoms.